The molecule has 0 unspecified atom stereocenters. The van der Waals surface area contributed by atoms with Crippen LogP contribution in [0.2, 0.25) is 0 Å². The number of hydrogen-bond acceptors (Lipinski definition) is 15. The molecule has 198 valence electrons. The van der Waals surface area contributed by atoms with Crippen molar-refractivity contribution in [1.29, 1.82) is 0 Å². The van der Waals surface area contributed by atoms with Crippen LogP contribution < -0.4 is 16.9 Å². The van der Waals surface area contributed by atoms with E-state index in [1.807, 2.05) is 0 Å². The summed E-state index contributed by atoms with van der Waals surface area (Å²) in [5, 5.41) is 32.9. The number of aromatic amines is 2. The fourth-order valence-electron chi connectivity index (χ4n) is 2.76. The predicted octanol–water partition coefficient (Wildman–Crippen LogP) is 1.47. The van der Waals surface area contributed by atoms with Crippen molar-refractivity contribution in [2.24, 2.45) is 0 Å². The van der Waals surface area contributed by atoms with Crippen molar-refractivity contribution >= 4 is 46.0 Å². The summed E-state index contributed by atoms with van der Waals surface area (Å²) in [6, 6.07) is 2.88. The fourth-order valence-corrected chi connectivity index (χ4v) is 4.33. The van der Waals surface area contributed by atoms with E-state index in [9.17, 15) is 39.5 Å². The number of esters is 2. The zero-order valence-corrected chi connectivity index (χ0v) is 20.8. The number of nitrogens with one attached hydrogen (secondary N) is 2. The molecule has 0 spiro atoms. The van der Waals surface area contributed by atoms with Gasteiger partial charge in [-0.2, -0.15) is 0 Å². The van der Waals surface area contributed by atoms with E-state index in [4.69, 9.17) is 5.73 Å². The van der Waals surface area contributed by atoms with Gasteiger partial charge in [0.1, 0.15) is 4.88 Å². The molecule has 4 rings (SSSR count). The first-order valence-corrected chi connectivity index (χ1v) is 11.6. The predicted molar refractivity (Wildman–Crippen MR) is 133 cm³/mol. The van der Waals surface area contributed by atoms with E-state index in [1.165, 1.54) is 22.8 Å². The minimum atomic E-state index is -1.02. The average Bonchev–Trinajstić information content (AvgIpc) is 3.56. The Morgan fingerprint density at radius 1 is 0.921 bits per heavy atom. The molecule has 0 aliphatic heterocycles. The SMILES string of the molecule is COC(=O)c1nc(-c2sccc2N)[nH]c(=O)c1O.COC(=O)c1nc(-c2sccc2[N+](=O)[O-])[nH]c(=O)c1O. The van der Waals surface area contributed by atoms with E-state index in [2.05, 4.69) is 29.4 Å². The van der Waals surface area contributed by atoms with Gasteiger partial charge in [0.25, 0.3) is 16.8 Å². The Balaban J connectivity index is 0.000000212. The topological polar surface area (TPSA) is 254 Å². The number of anilines is 1. The maximum Gasteiger partial charge on any atom is 0.360 e. The number of aromatic hydroxyl groups is 2. The number of H-pyrrole nitrogens is 2. The van der Waals surface area contributed by atoms with E-state index >= 15 is 0 Å². The second kappa shape index (κ2) is 11.3. The number of hydrogen-bond donors (Lipinski definition) is 5. The van der Waals surface area contributed by atoms with Crippen LogP contribution in [0.15, 0.2) is 32.5 Å². The number of ether oxygens (including phenoxy) is 2. The van der Waals surface area contributed by atoms with Crippen LogP contribution in [0.1, 0.15) is 21.0 Å². The van der Waals surface area contributed by atoms with E-state index in [0.29, 0.717) is 10.6 Å². The van der Waals surface area contributed by atoms with Crippen molar-refractivity contribution in [3.05, 3.63) is 65.1 Å². The second-order valence-electron chi connectivity index (χ2n) is 6.80. The minimum Gasteiger partial charge on any atom is -0.501 e. The quantitative estimate of drug-likeness (QED) is 0.131. The lowest BCUT2D eigenvalue weighted by Crippen LogP contribution is -2.16. The van der Waals surface area contributed by atoms with E-state index in [-0.39, 0.29) is 22.2 Å². The molecular weight excluding hydrogens is 548 g/mol. The van der Waals surface area contributed by atoms with Gasteiger partial charge in [-0.15, -0.1) is 22.7 Å². The number of nitrogen functional groups attached to an aromatic ring is 1. The summed E-state index contributed by atoms with van der Waals surface area (Å²) in [5.41, 5.74) is 2.99. The molecule has 0 radical (unpaired) electrons. The first-order valence-electron chi connectivity index (χ1n) is 9.88. The number of nitrogens with two attached hydrogens (primary N) is 1. The second-order valence-corrected chi connectivity index (χ2v) is 8.64. The largest absolute Gasteiger partial charge is 0.501 e. The Hall–Kier alpha value is -5.10. The minimum absolute atomic E-state index is 0.0669. The summed E-state index contributed by atoms with van der Waals surface area (Å²) in [4.78, 5) is 68.7. The Labute approximate surface area is 218 Å². The van der Waals surface area contributed by atoms with Crippen LogP contribution in [-0.4, -0.2) is 61.2 Å². The lowest BCUT2D eigenvalue weighted by Gasteiger charge is -2.04. The maximum atomic E-state index is 11.5. The van der Waals surface area contributed by atoms with Gasteiger partial charge in [0, 0.05) is 6.07 Å². The molecule has 0 saturated carbocycles. The molecule has 0 saturated heterocycles. The fraction of sp³-hybridized carbons (Fsp3) is 0.100. The van der Waals surface area contributed by atoms with Crippen LogP contribution in [-0.2, 0) is 9.47 Å². The molecule has 0 aliphatic carbocycles. The number of carbonyl (C=O) groups excluding carboxylic acids is 2. The first kappa shape index (κ1) is 27.5. The summed E-state index contributed by atoms with van der Waals surface area (Å²) in [6.45, 7) is 0. The average molecular weight is 565 g/mol. The van der Waals surface area contributed by atoms with Gasteiger partial charge < -0.3 is 35.4 Å². The van der Waals surface area contributed by atoms with Crippen LogP contribution in [0.5, 0.6) is 11.5 Å². The number of methoxy groups -OCH3 is 2. The molecule has 0 aromatic carbocycles. The summed E-state index contributed by atoms with van der Waals surface area (Å²) >= 11 is 2.22. The Bertz CT molecular complexity index is 1650. The normalized spacial score (nSPS) is 10.3. The molecule has 6 N–H and O–H groups in total. The van der Waals surface area contributed by atoms with Crippen molar-refractivity contribution in [3.8, 4) is 32.9 Å². The van der Waals surface area contributed by atoms with Crippen LogP contribution in [0.4, 0.5) is 11.4 Å². The molecule has 16 nitrogen and oxygen atoms in total. The number of nitro groups is 1. The molecule has 18 heteroatoms. The molecule has 0 amide bonds. The number of aromatic nitrogens is 4. The smallest absolute Gasteiger partial charge is 0.360 e. The Kier molecular flexibility index (Phi) is 8.18. The van der Waals surface area contributed by atoms with Gasteiger partial charge >= 0.3 is 11.9 Å². The third-order valence-electron chi connectivity index (χ3n) is 4.51. The van der Waals surface area contributed by atoms with Crippen molar-refractivity contribution in [1.82, 2.24) is 19.9 Å². The highest BCUT2D eigenvalue weighted by Crippen LogP contribution is 2.33. The van der Waals surface area contributed by atoms with Crippen molar-refractivity contribution in [2.45, 2.75) is 0 Å². The van der Waals surface area contributed by atoms with Crippen molar-refractivity contribution in [2.75, 3.05) is 20.0 Å². The van der Waals surface area contributed by atoms with E-state index in [1.54, 1.807) is 11.4 Å². The monoisotopic (exact) mass is 564 g/mol. The van der Waals surface area contributed by atoms with Gasteiger partial charge in [0.15, 0.2) is 23.0 Å². The Morgan fingerprint density at radius 3 is 1.79 bits per heavy atom. The summed E-state index contributed by atoms with van der Waals surface area (Å²) < 4.78 is 8.81. The zero-order valence-electron chi connectivity index (χ0n) is 19.2. The van der Waals surface area contributed by atoms with Gasteiger partial charge in [0.05, 0.1) is 29.7 Å². The highest BCUT2D eigenvalue weighted by Gasteiger charge is 2.24. The van der Waals surface area contributed by atoms with E-state index < -0.39 is 50.9 Å². The van der Waals surface area contributed by atoms with Crippen LogP contribution >= 0.6 is 22.7 Å². The molecule has 4 heterocycles. The highest BCUT2D eigenvalue weighted by atomic mass is 32.1. The summed E-state index contributed by atoms with van der Waals surface area (Å²) in [5.74, 6) is -3.66. The van der Waals surface area contributed by atoms with Gasteiger partial charge in [0.2, 0.25) is 11.5 Å². The first-order chi connectivity index (χ1) is 18.0. The third-order valence-corrected chi connectivity index (χ3v) is 6.36. The third kappa shape index (κ3) is 5.50. The van der Waals surface area contributed by atoms with E-state index in [0.717, 1.165) is 25.6 Å². The molecule has 0 bridgehead atoms. The lowest BCUT2D eigenvalue weighted by atomic mass is 10.3. The van der Waals surface area contributed by atoms with Crippen molar-refractivity contribution < 1.29 is 34.2 Å². The van der Waals surface area contributed by atoms with Gasteiger partial charge in [-0.25, -0.2) is 19.6 Å². The molecule has 0 aliphatic rings. The molecule has 0 fully saturated rings. The Morgan fingerprint density at radius 2 is 1.37 bits per heavy atom. The molecule has 4 aromatic rings. The zero-order chi connectivity index (χ0) is 28.1. The number of nitrogens with zero attached hydrogens (tertiary/aromatic N) is 3. The lowest BCUT2D eigenvalue weighted by molar-refractivity contribution is -0.383. The molecule has 4 aromatic heterocycles. The standard InChI is InChI=1S/C10H7N3O6S.C10H9N3O4S/c1-19-10(16)5-6(14)9(15)12-8(11-5)7-4(13(17)18)2-3-20-7;1-17-10(16)5-6(14)9(15)13-8(12-5)7-4(11)2-3-18-7/h2-3,14H,1H3,(H,11,12,15);2-3,14H,11H2,1H3,(H,12,13,15). The van der Waals surface area contributed by atoms with Crippen LogP contribution in [0.3, 0.4) is 0 Å². The molecule has 38 heavy (non-hydrogen) atoms. The van der Waals surface area contributed by atoms with Crippen LogP contribution in [0.25, 0.3) is 21.4 Å². The van der Waals surface area contributed by atoms with Crippen molar-refractivity contribution in [3.63, 3.8) is 0 Å². The van der Waals surface area contributed by atoms with Gasteiger partial charge in [-0.3, -0.25) is 19.7 Å². The number of rotatable bonds is 5. The summed E-state index contributed by atoms with van der Waals surface area (Å²) in [7, 11) is 2.18. The summed E-state index contributed by atoms with van der Waals surface area (Å²) in [6.07, 6.45) is 0. The molecule has 0 atom stereocenters. The maximum absolute atomic E-state index is 11.5. The molecular formula is C20H16N6O10S2. The van der Waals surface area contributed by atoms with Crippen LogP contribution in [0, 0.1) is 10.1 Å². The van der Waals surface area contributed by atoms with Gasteiger partial charge in [-0.1, -0.05) is 0 Å². The number of carbonyl (C=O) groups is 2. The highest BCUT2D eigenvalue weighted by molar-refractivity contribution is 7.14. The number of thiophene rings is 2. The van der Waals surface area contributed by atoms with Gasteiger partial charge in [-0.05, 0) is 16.8 Å².